The Morgan fingerprint density at radius 2 is 0.778 bits per heavy atom. The maximum atomic E-state index is 2.36. The summed E-state index contributed by atoms with van der Waals surface area (Å²) in [6.45, 7) is 0. The Hall–Kier alpha value is -5.92. The van der Waals surface area contributed by atoms with Crippen LogP contribution in [0.15, 0.2) is 188 Å². The normalized spacial score (nSPS) is 11.0. The smallest absolute Gasteiger partial charge is 0.0533 e. The van der Waals surface area contributed by atoms with Gasteiger partial charge in [0.2, 0.25) is 0 Å². The molecule has 0 unspecified atom stereocenters. The van der Waals surface area contributed by atoms with Crippen molar-refractivity contribution in [3.05, 3.63) is 199 Å². The Morgan fingerprint density at radius 1 is 0.311 bits per heavy atom. The van der Waals surface area contributed by atoms with Crippen molar-refractivity contribution in [2.45, 2.75) is 0 Å². The molecule has 0 atom stereocenters. The van der Waals surface area contributed by atoms with E-state index in [0.717, 1.165) is 22.6 Å². The van der Waals surface area contributed by atoms with E-state index in [1.807, 2.05) is 6.07 Å². The zero-order valence-corrected chi connectivity index (χ0v) is 25.0. The lowest BCUT2D eigenvalue weighted by Crippen LogP contribution is -2.11. The van der Waals surface area contributed by atoms with Gasteiger partial charge in [-0.1, -0.05) is 170 Å². The van der Waals surface area contributed by atoms with Crippen LogP contribution in [-0.4, -0.2) is 0 Å². The highest BCUT2D eigenvalue weighted by Gasteiger charge is 2.16. The Kier molecular flexibility index (Phi) is 8.15. The van der Waals surface area contributed by atoms with Crippen molar-refractivity contribution in [2.24, 2.45) is 0 Å². The highest BCUT2D eigenvalue weighted by Crippen LogP contribution is 2.39. The van der Waals surface area contributed by atoms with Crippen LogP contribution in [0, 0.1) is 0 Å². The summed E-state index contributed by atoms with van der Waals surface area (Å²) in [6.07, 6.45) is 4.39. The maximum Gasteiger partial charge on any atom is 0.0533 e. The second-order valence-corrected chi connectivity index (χ2v) is 11.0. The molecule has 0 saturated carbocycles. The molecule has 0 radical (unpaired) electrons. The summed E-state index contributed by atoms with van der Waals surface area (Å²) < 4.78 is 0. The molecule has 0 N–H and O–H groups in total. The summed E-state index contributed by atoms with van der Waals surface area (Å²) in [7, 11) is 0. The third-order valence-electron chi connectivity index (χ3n) is 8.09. The predicted molar refractivity (Wildman–Crippen MR) is 193 cm³/mol. The van der Waals surface area contributed by atoms with Crippen LogP contribution in [-0.2, 0) is 0 Å². The lowest BCUT2D eigenvalue weighted by molar-refractivity contribution is 1.28. The Morgan fingerprint density at radius 3 is 1.40 bits per heavy atom. The molecule has 0 spiro atoms. The summed E-state index contributed by atoms with van der Waals surface area (Å²) in [4.78, 5) is 2.36. The van der Waals surface area contributed by atoms with Gasteiger partial charge in [0, 0.05) is 11.4 Å². The van der Waals surface area contributed by atoms with Crippen LogP contribution in [0.25, 0.3) is 45.5 Å². The van der Waals surface area contributed by atoms with Gasteiger partial charge in [-0.3, -0.25) is 0 Å². The quantitative estimate of drug-likeness (QED) is 0.163. The second-order valence-electron chi connectivity index (χ2n) is 11.0. The van der Waals surface area contributed by atoms with E-state index in [4.69, 9.17) is 0 Å². The fourth-order valence-corrected chi connectivity index (χ4v) is 5.75. The number of hydrogen-bond acceptors (Lipinski definition) is 1. The summed E-state index contributed by atoms with van der Waals surface area (Å²) in [5.74, 6) is 0. The van der Waals surface area contributed by atoms with Crippen LogP contribution < -0.4 is 4.90 Å². The molecule has 0 fully saturated rings. The first-order valence-corrected chi connectivity index (χ1v) is 15.4. The average molecular weight is 576 g/mol. The second kappa shape index (κ2) is 13.2. The predicted octanol–water partition coefficient (Wildman–Crippen LogP) is 12.3. The molecule has 45 heavy (non-hydrogen) atoms. The molecule has 0 heterocycles. The summed E-state index contributed by atoms with van der Waals surface area (Å²) in [5.41, 5.74) is 12.9. The van der Waals surface area contributed by atoms with Crippen molar-refractivity contribution in [3.8, 4) is 33.4 Å². The van der Waals surface area contributed by atoms with Gasteiger partial charge in [-0.25, -0.2) is 0 Å². The van der Waals surface area contributed by atoms with Gasteiger partial charge >= 0.3 is 0 Å². The van der Waals surface area contributed by atoms with Gasteiger partial charge < -0.3 is 4.90 Å². The molecule has 214 valence electrons. The minimum Gasteiger partial charge on any atom is -0.310 e. The Labute approximate surface area is 266 Å². The van der Waals surface area contributed by atoms with Gasteiger partial charge in [-0.2, -0.15) is 0 Å². The van der Waals surface area contributed by atoms with Crippen LogP contribution in [0.1, 0.15) is 11.1 Å². The van der Waals surface area contributed by atoms with E-state index in [-0.39, 0.29) is 0 Å². The topological polar surface area (TPSA) is 3.24 Å². The molecule has 1 heteroatoms. The number of benzene rings is 7. The zero-order chi connectivity index (χ0) is 30.3. The molecular formula is C44H33N. The van der Waals surface area contributed by atoms with Crippen LogP contribution in [0.2, 0.25) is 0 Å². The molecule has 1 nitrogen and oxygen atoms in total. The molecule has 7 aromatic carbocycles. The van der Waals surface area contributed by atoms with Crippen molar-refractivity contribution in [1.29, 1.82) is 0 Å². The monoisotopic (exact) mass is 575 g/mol. The van der Waals surface area contributed by atoms with E-state index in [1.165, 1.54) is 38.9 Å². The average Bonchev–Trinajstić information content (AvgIpc) is 3.13. The molecule has 7 rings (SSSR count). The van der Waals surface area contributed by atoms with Crippen LogP contribution >= 0.6 is 0 Å². The van der Waals surface area contributed by atoms with Gasteiger partial charge in [0.15, 0.2) is 0 Å². The lowest BCUT2D eigenvalue weighted by atomic mass is 9.99. The summed E-state index contributed by atoms with van der Waals surface area (Å²) in [6, 6.07) is 66.7. The van der Waals surface area contributed by atoms with Gasteiger partial charge in [0.05, 0.1) is 5.69 Å². The summed E-state index contributed by atoms with van der Waals surface area (Å²) >= 11 is 0. The van der Waals surface area contributed by atoms with Gasteiger partial charge in [0.1, 0.15) is 0 Å². The van der Waals surface area contributed by atoms with Crippen molar-refractivity contribution in [3.63, 3.8) is 0 Å². The number of rotatable bonds is 8. The van der Waals surface area contributed by atoms with E-state index in [2.05, 4.69) is 199 Å². The standard InChI is InChI=1S/C44H33N/c1-4-13-34(14-5-1)23-24-40-19-10-11-22-44(40)45(43-21-12-20-41(33-43)36-17-8-3-9-18-36)42-31-29-39(30-32-42)38-27-25-37(26-28-38)35-15-6-2-7-16-35/h1-33H/b24-23+. The van der Waals surface area contributed by atoms with E-state index in [0.29, 0.717) is 0 Å². The molecule has 0 aromatic heterocycles. The van der Waals surface area contributed by atoms with E-state index >= 15 is 0 Å². The van der Waals surface area contributed by atoms with Crippen LogP contribution in [0.4, 0.5) is 17.1 Å². The van der Waals surface area contributed by atoms with Crippen LogP contribution in [0.5, 0.6) is 0 Å². The molecule has 0 bridgehead atoms. The Balaban J connectivity index is 1.28. The first kappa shape index (κ1) is 27.9. The minimum atomic E-state index is 1.10. The van der Waals surface area contributed by atoms with E-state index < -0.39 is 0 Å². The largest absolute Gasteiger partial charge is 0.310 e. The third kappa shape index (κ3) is 6.39. The highest BCUT2D eigenvalue weighted by atomic mass is 15.1. The Bertz CT molecular complexity index is 2010. The lowest BCUT2D eigenvalue weighted by Gasteiger charge is -2.28. The number of anilines is 3. The first-order valence-electron chi connectivity index (χ1n) is 15.4. The molecule has 0 aliphatic heterocycles. The molecule has 0 aliphatic carbocycles. The summed E-state index contributed by atoms with van der Waals surface area (Å²) in [5, 5.41) is 0. The van der Waals surface area contributed by atoms with Gasteiger partial charge in [-0.05, 0) is 74.8 Å². The highest BCUT2D eigenvalue weighted by molar-refractivity contribution is 5.87. The number of hydrogen-bond donors (Lipinski definition) is 0. The van der Waals surface area contributed by atoms with Crippen LogP contribution in [0.3, 0.4) is 0 Å². The van der Waals surface area contributed by atoms with Crippen molar-refractivity contribution < 1.29 is 0 Å². The molecular weight excluding hydrogens is 542 g/mol. The van der Waals surface area contributed by atoms with Gasteiger partial charge in [0.25, 0.3) is 0 Å². The molecule has 0 aliphatic rings. The molecule has 7 aromatic rings. The minimum absolute atomic E-state index is 1.10. The number of nitrogens with zero attached hydrogens (tertiary/aromatic N) is 1. The maximum absolute atomic E-state index is 2.36. The van der Waals surface area contributed by atoms with Crippen molar-refractivity contribution >= 4 is 29.2 Å². The van der Waals surface area contributed by atoms with E-state index in [1.54, 1.807) is 0 Å². The van der Waals surface area contributed by atoms with E-state index in [9.17, 15) is 0 Å². The zero-order valence-electron chi connectivity index (χ0n) is 25.0. The SMILES string of the molecule is C(=C\c1ccccc1N(c1ccc(-c2ccc(-c3ccccc3)cc2)cc1)c1cccc(-c2ccccc2)c1)/c1ccccc1. The molecule has 0 saturated heterocycles. The fourth-order valence-electron chi connectivity index (χ4n) is 5.75. The molecule has 0 amide bonds. The van der Waals surface area contributed by atoms with Crippen molar-refractivity contribution in [1.82, 2.24) is 0 Å². The van der Waals surface area contributed by atoms with Gasteiger partial charge in [-0.15, -0.1) is 0 Å². The first-order chi connectivity index (χ1) is 22.3. The third-order valence-corrected chi connectivity index (χ3v) is 8.09. The number of para-hydroxylation sites is 1. The fraction of sp³-hybridized carbons (Fsp3) is 0. The van der Waals surface area contributed by atoms with Crippen molar-refractivity contribution in [2.75, 3.05) is 4.90 Å².